The molecule has 0 heterocycles. The molecule has 0 aliphatic rings. The Morgan fingerprint density at radius 2 is 1.43 bits per heavy atom. The standard InChI is InChI=1S/C30H28F2O5/c1-18(2)29(33)36-14-6-7-20-8-9-21(15-26(20)31)24-12-10-22(16-27(24)32)25-13-11-23(17-28(25)35-5)37-30(34)19(3)4/h8-13,15-17H,1,3,6-7,14H2,2,4-5H3. The predicted octanol–water partition coefficient (Wildman–Crippen LogP) is 6.84. The molecule has 0 aliphatic heterocycles. The monoisotopic (exact) mass is 506 g/mol. The number of benzene rings is 3. The fourth-order valence-electron chi connectivity index (χ4n) is 3.55. The van der Waals surface area contributed by atoms with Crippen LogP contribution in [0.15, 0.2) is 78.9 Å². The van der Waals surface area contributed by atoms with Crippen LogP contribution >= 0.6 is 0 Å². The van der Waals surface area contributed by atoms with E-state index in [4.69, 9.17) is 14.2 Å². The Balaban J connectivity index is 1.76. The molecule has 37 heavy (non-hydrogen) atoms. The topological polar surface area (TPSA) is 61.8 Å². The maximum atomic E-state index is 15.1. The number of methoxy groups -OCH3 is 1. The third-order valence-electron chi connectivity index (χ3n) is 5.55. The molecule has 0 atom stereocenters. The van der Waals surface area contributed by atoms with E-state index < -0.39 is 23.6 Å². The lowest BCUT2D eigenvalue weighted by Crippen LogP contribution is -2.08. The van der Waals surface area contributed by atoms with Crippen molar-refractivity contribution in [3.63, 3.8) is 0 Å². The van der Waals surface area contributed by atoms with Crippen molar-refractivity contribution >= 4 is 11.9 Å². The molecule has 3 aromatic carbocycles. The maximum Gasteiger partial charge on any atom is 0.338 e. The molecule has 7 heteroatoms. The Kier molecular flexibility index (Phi) is 8.95. The van der Waals surface area contributed by atoms with Gasteiger partial charge in [0.1, 0.15) is 23.1 Å². The summed E-state index contributed by atoms with van der Waals surface area (Å²) in [4.78, 5) is 23.2. The number of halogens is 2. The minimum absolute atomic E-state index is 0.156. The van der Waals surface area contributed by atoms with Gasteiger partial charge < -0.3 is 14.2 Å². The first-order chi connectivity index (χ1) is 17.6. The van der Waals surface area contributed by atoms with Crippen molar-refractivity contribution < 1.29 is 32.6 Å². The smallest absolute Gasteiger partial charge is 0.338 e. The van der Waals surface area contributed by atoms with Crippen molar-refractivity contribution in [2.45, 2.75) is 26.7 Å². The van der Waals surface area contributed by atoms with Crippen molar-refractivity contribution in [3.8, 4) is 33.8 Å². The minimum Gasteiger partial charge on any atom is -0.496 e. The van der Waals surface area contributed by atoms with E-state index in [1.165, 1.54) is 25.3 Å². The zero-order valence-electron chi connectivity index (χ0n) is 21.0. The van der Waals surface area contributed by atoms with Crippen LogP contribution in [0.2, 0.25) is 0 Å². The zero-order valence-corrected chi connectivity index (χ0v) is 21.0. The lowest BCUT2D eigenvalue weighted by atomic mass is 9.97. The highest BCUT2D eigenvalue weighted by Gasteiger charge is 2.15. The maximum absolute atomic E-state index is 15.1. The molecule has 0 spiro atoms. The van der Waals surface area contributed by atoms with Crippen molar-refractivity contribution in [1.82, 2.24) is 0 Å². The Hall–Kier alpha value is -4.26. The van der Waals surface area contributed by atoms with Gasteiger partial charge in [0, 0.05) is 28.3 Å². The van der Waals surface area contributed by atoms with E-state index >= 15 is 4.39 Å². The largest absolute Gasteiger partial charge is 0.496 e. The highest BCUT2D eigenvalue weighted by Crippen LogP contribution is 2.36. The first-order valence-electron chi connectivity index (χ1n) is 11.6. The molecule has 0 fully saturated rings. The molecule has 0 aromatic heterocycles. The van der Waals surface area contributed by atoms with Crippen molar-refractivity contribution in [2.24, 2.45) is 0 Å². The summed E-state index contributed by atoms with van der Waals surface area (Å²) in [6.45, 7) is 10.3. The van der Waals surface area contributed by atoms with Crippen molar-refractivity contribution in [2.75, 3.05) is 13.7 Å². The molecule has 3 aromatic rings. The van der Waals surface area contributed by atoms with Gasteiger partial charge in [-0.05, 0) is 67.6 Å². The summed E-state index contributed by atoms with van der Waals surface area (Å²) in [6, 6.07) is 14.0. The Labute approximate surface area is 215 Å². The molecule has 0 bridgehead atoms. The SMILES string of the molecule is C=C(C)C(=O)OCCCc1ccc(-c2ccc(-c3ccc(OC(=O)C(=C)C)cc3OC)cc2F)cc1F. The van der Waals surface area contributed by atoms with Gasteiger partial charge in [0.05, 0.1) is 13.7 Å². The van der Waals surface area contributed by atoms with Crippen LogP contribution < -0.4 is 9.47 Å². The third kappa shape index (κ3) is 6.91. The first kappa shape index (κ1) is 27.3. The van der Waals surface area contributed by atoms with Crippen LogP contribution in [-0.4, -0.2) is 25.7 Å². The number of carbonyl (C=O) groups is 2. The summed E-state index contributed by atoms with van der Waals surface area (Å²) >= 11 is 0. The second kappa shape index (κ2) is 12.1. The molecular formula is C30H28F2O5. The average Bonchev–Trinajstić information content (AvgIpc) is 2.86. The average molecular weight is 507 g/mol. The van der Waals surface area contributed by atoms with Crippen molar-refractivity contribution in [3.05, 3.63) is 96.1 Å². The molecule has 0 saturated carbocycles. The van der Waals surface area contributed by atoms with E-state index in [2.05, 4.69) is 13.2 Å². The minimum atomic E-state index is -0.560. The number of esters is 2. The van der Waals surface area contributed by atoms with E-state index in [-0.39, 0.29) is 23.5 Å². The van der Waals surface area contributed by atoms with Gasteiger partial charge >= 0.3 is 11.9 Å². The zero-order chi connectivity index (χ0) is 27.1. The van der Waals surface area contributed by atoms with Crippen LogP contribution in [0, 0.1) is 11.6 Å². The summed E-state index contributed by atoms with van der Waals surface area (Å²) in [5.74, 6) is -1.37. The van der Waals surface area contributed by atoms with Crippen LogP contribution in [-0.2, 0) is 20.7 Å². The van der Waals surface area contributed by atoms with Crippen molar-refractivity contribution in [1.29, 1.82) is 0 Å². The second-order valence-electron chi connectivity index (χ2n) is 8.55. The second-order valence-corrected chi connectivity index (χ2v) is 8.55. The molecule has 192 valence electrons. The molecule has 0 unspecified atom stereocenters. The van der Waals surface area contributed by atoms with Gasteiger partial charge in [0.25, 0.3) is 0 Å². The molecule has 0 aliphatic carbocycles. The van der Waals surface area contributed by atoms with E-state index in [0.717, 1.165) is 0 Å². The molecule has 0 amide bonds. The molecule has 0 radical (unpaired) electrons. The summed E-state index contributed by atoms with van der Waals surface area (Å²) in [5, 5.41) is 0. The Bertz CT molecular complexity index is 1360. The molecule has 3 rings (SSSR count). The Morgan fingerprint density at radius 1 is 0.811 bits per heavy atom. The molecule has 5 nitrogen and oxygen atoms in total. The summed E-state index contributed by atoms with van der Waals surface area (Å²) in [5.41, 5.74) is 2.79. The van der Waals surface area contributed by atoms with Gasteiger partial charge in [-0.25, -0.2) is 18.4 Å². The number of ether oxygens (including phenoxy) is 3. The van der Waals surface area contributed by atoms with Gasteiger partial charge in [-0.1, -0.05) is 37.4 Å². The first-order valence-corrected chi connectivity index (χ1v) is 11.6. The number of carbonyl (C=O) groups excluding carboxylic acids is 2. The molecular weight excluding hydrogens is 478 g/mol. The quantitative estimate of drug-likeness (QED) is 0.130. The van der Waals surface area contributed by atoms with E-state index in [9.17, 15) is 14.0 Å². The number of hydrogen-bond acceptors (Lipinski definition) is 5. The van der Waals surface area contributed by atoms with Gasteiger partial charge in [0.2, 0.25) is 0 Å². The van der Waals surface area contributed by atoms with Gasteiger partial charge in [-0.2, -0.15) is 0 Å². The van der Waals surface area contributed by atoms with Crippen LogP contribution in [0.25, 0.3) is 22.3 Å². The molecule has 0 N–H and O–H groups in total. The fraction of sp³-hybridized carbons (Fsp3) is 0.200. The predicted molar refractivity (Wildman–Crippen MR) is 138 cm³/mol. The van der Waals surface area contributed by atoms with E-state index in [1.807, 2.05) is 0 Å². The highest BCUT2D eigenvalue weighted by atomic mass is 19.1. The van der Waals surface area contributed by atoms with Gasteiger partial charge in [0.15, 0.2) is 0 Å². The fourth-order valence-corrected chi connectivity index (χ4v) is 3.55. The van der Waals surface area contributed by atoms with E-state index in [0.29, 0.717) is 46.4 Å². The van der Waals surface area contributed by atoms with Crippen LogP contribution in [0.1, 0.15) is 25.8 Å². The lowest BCUT2D eigenvalue weighted by Gasteiger charge is -2.13. The number of hydrogen-bond donors (Lipinski definition) is 0. The number of rotatable bonds is 10. The molecule has 0 saturated heterocycles. The normalized spacial score (nSPS) is 10.5. The summed E-state index contributed by atoms with van der Waals surface area (Å²) in [7, 11) is 1.46. The van der Waals surface area contributed by atoms with Gasteiger partial charge in [-0.15, -0.1) is 0 Å². The lowest BCUT2D eigenvalue weighted by molar-refractivity contribution is -0.139. The van der Waals surface area contributed by atoms with Crippen LogP contribution in [0.3, 0.4) is 0 Å². The van der Waals surface area contributed by atoms with Gasteiger partial charge in [-0.3, -0.25) is 0 Å². The summed E-state index contributed by atoms with van der Waals surface area (Å²) < 4.78 is 45.5. The van der Waals surface area contributed by atoms with Crippen LogP contribution in [0.4, 0.5) is 8.78 Å². The number of aryl methyl sites for hydroxylation is 1. The third-order valence-corrected chi connectivity index (χ3v) is 5.55. The van der Waals surface area contributed by atoms with Crippen LogP contribution in [0.5, 0.6) is 11.5 Å². The highest BCUT2D eigenvalue weighted by molar-refractivity contribution is 5.89. The van der Waals surface area contributed by atoms with E-state index in [1.54, 1.807) is 50.2 Å². The summed E-state index contributed by atoms with van der Waals surface area (Å²) in [6.07, 6.45) is 0.819. The Morgan fingerprint density at radius 3 is 2.05 bits per heavy atom.